The summed E-state index contributed by atoms with van der Waals surface area (Å²) in [6.45, 7) is 2.91. The van der Waals surface area contributed by atoms with Crippen molar-refractivity contribution in [3.05, 3.63) is 18.6 Å². The van der Waals surface area contributed by atoms with E-state index in [1.807, 2.05) is 0 Å². The molecule has 20 heavy (non-hydrogen) atoms. The molecule has 1 heterocycles. The van der Waals surface area contributed by atoms with Gasteiger partial charge < -0.3 is 10.1 Å². The molecule has 0 aliphatic heterocycles. The SMILES string of the molecule is CCCNC(CSc1cnccn1)(C(=O)OC)C1CC1. The van der Waals surface area contributed by atoms with Crippen molar-refractivity contribution in [2.75, 3.05) is 19.4 Å². The van der Waals surface area contributed by atoms with Crippen LogP contribution in [0.15, 0.2) is 23.6 Å². The van der Waals surface area contributed by atoms with Crippen LogP contribution in [0.3, 0.4) is 0 Å². The van der Waals surface area contributed by atoms with Crippen molar-refractivity contribution in [3.63, 3.8) is 0 Å². The Bertz CT molecular complexity index is 439. The zero-order chi connectivity index (χ0) is 14.4. The van der Waals surface area contributed by atoms with Gasteiger partial charge in [0.25, 0.3) is 0 Å². The smallest absolute Gasteiger partial charge is 0.327 e. The van der Waals surface area contributed by atoms with E-state index >= 15 is 0 Å². The Morgan fingerprint density at radius 3 is 2.90 bits per heavy atom. The van der Waals surface area contributed by atoms with Crippen LogP contribution in [-0.4, -0.2) is 40.9 Å². The van der Waals surface area contributed by atoms with Crippen molar-refractivity contribution in [3.8, 4) is 0 Å². The van der Waals surface area contributed by atoms with Crippen LogP contribution in [0.2, 0.25) is 0 Å². The number of methoxy groups -OCH3 is 1. The lowest BCUT2D eigenvalue weighted by molar-refractivity contribution is -0.148. The summed E-state index contributed by atoms with van der Waals surface area (Å²) < 4.78 is 5.05. The van der Waals surface area contributed by atoms with E-state index in [0.717, 1.165) is 30.8 Å². The van der Waals surface area contributed by atoms with Crippen molar-refractivity contribution in [1.82, 2.24) is 15.3 Å². The number of nitrogens with zero attached hydrogens (tertiary/aromatic N) is 2. The van der Waals surface area contributed by atoms with Crippen LogP contribution >= 0.6 is 11.8 Å². The Balaban J connectivity index is 2.10. The van der Waals surface area contributed by atoms with Gasteiger partial charge in [-0.15, -0.1) is 11.8 Å². The average molecular weight is 295 g/mol. The Hall–Kier alpha value is -1.14. The summed E-state index contributed by atoms with van der Waals surface area (Å²) in [6, 6.07) is 0. The molecule has 1 fully saturated rings. The van der Waals surface area contributed by atoms with E-state index in [1.54, 1.807) is 30.4 Å². The Kier molecular flexibility index (Phi) is 5.37. The third kappa shape index (κ3) is 3.49. The van der Waals surface area contributed by atoms with Gasteiger partial charge in [-0.2, -0.15) is 0 Å². The minimum absolute atomic E-state index is 0.162. The second-order valence-corrected chi connectivity index (χ2v) is 5.99. The Morgan fingerprint density at radius 1 is 1.55 bits per heavy atom. The number of thioether (sulfide) groups is 1. The van der Waals surface area contributed by atoms with Gasteiger partial charge in [0.1, 0.15) is 10.6 Å². The van der Waals surface area contributed by atoms with Gasteiger partial charge >= 0.3 is 5.97 Å². The maximum absolute atomic E-state index is 12.3. The molecular weight excluding hydrogens is 274 g/mol. The molecule has 6 heteroatoms. The lowest BCUT2D eigenvalue weighted by Gasteiger charge is -2.32. The highest BCUT2D eigenvalue weighted by atomic mass is 32.2. The number of hydrogen-bond donors (Lipinski definition) is 1. The molecule has 0 saturated heterocycles. The number of rotatable bonds is 8. The molecule has 0 aromatic carbocycles. The summed E-state index contributed by atoms with van der Waals surface area (Å²) in [5, 5.41) is 4.26. The fourth-order valence-electron chi connectivity index (χ4n) is 2.27. The van der Waals surface area contributed by atoms with Gasteiger partial charge in [-0.1, -0.05) is 6.92 Å². The van der Waals surface area contributed by atoms with Crippen molar-refractivity contribution in [1.29, 1.82) is 0 Å². The van der Waals surface area contributed by atoms with E-state index in [2.05, 4.69) is 22.2 Å². The van der Waals surface area contributed by atoms with E-state index in [9.17, 15) is 4.79 Å². The highest BCUT2D eigenvalue weighted by Crippen LogP contribution is 2.42. The van der Waals surface area contributed by atoms with E-state index in [-0.39, 0.29) is 5.97 Å². The van der Waals surface area contributed by atoms with Gasteiger partial charge in [-0.25, -0.2) is 4.98 Å². The minimum Gasteiger partial charge on any atom is -0.468 e. The monoisotopic (exact) mass is 295 g/mol. The average Bonchev–Trinajstić information content (AvgIpc) is 3.33. The van der Waals surface area contributed by atoms with Gasteiger partial charge in [-0.05, 0) is 31.7 Å². The zero-order valence-corrected chi connectivity index (χ0v) is 12.8. The quantitative estimate of drug-likeness (QED) is 0.583. The topological polar surface area (TPSA) is 64.1 Å². The van der Waals surface area contributed by atoms with E-state index in [4.69, 9.17) is 4.74 Å². The molecule has 1 aliphatic rings. The molecule has 110 valence electrons. The fraction of sp³-hybridized carbons (Fsp3) is 0.643. The van der Waals surface area contributed by atoms with Gasteiger partial charge in [0.2, 0.25) is 0 Å². The van der Waals surface area contributed by atoms with E-state index in [0.29, 0.717) is 11.7 Å². The molecule has 1 aromatic rings. The molecule has 1 atom stereocenters. The zero-order valence-electron chi connectivity index (χ0n) is 12.0. The number of ether oxygens (including phenoxy) is 1. The largest absolute Gasteiger partial charge is 0.468 e. The van der Waals surface area contributed by atoms with Crippen LogP contribution in [0.1, 0.15) is 26.2 Å². The third-order valence-electron chi connectivity index (χ3n) is 3.50. The number of aromatic nitrogens is 2. The molecule has 1 aromatic heterocycles. The van der Waals surface area contributed by atoms with Gasteiger partial charge in [0.05, 0.1) is 13.3 Å². The fourth-order valence-corrected chi connectivity index (χ4v) is 3.37. The van der Waals surface area contributed by atoms with Crippen molar-refractivity contribution < 1.29 is 9.53 Å². The van der Waals surface area contributed by atoms with E-state index < -0.39 is 5.54 Å². The first kappa shape index (κ1) is 15.3. The summed E-state index contributed by atoms with van der Waals surface area (Å²) in [4.78, 5) is 20.6. The molecule has 1 saturated carbocycles. The lowest BCUT2D eigenvalue weighted by atomic mass is 9.95. The van der Waals surface area contributed by atoms with Crippen LogP contribution in [-0.2, 0) is 9.53 Å². The number of carbonyl (C=O) groups is 1. The number of nitrogens with one attached hydrogen (secondary N) is 1. The first-order valence-electron chi connectivity index (χ1n) is 6.95. The summed E-state index contributed by atoms with van der Waals surface area (Å²) >= 11 is 1.55. The summed E-state index contributed by atoms with van der Waals surface area (Å²) in [5.74, 6) is 0.832. The van der Waals surface area contributed by atoms with E-state index in [1.165, 1.54) is 7.11 Å². The highest BCUT2D eigenvalue weighted by molar-refractivity contribution is 7.99. The van der Waals surface area contributed by atoms with Crippen molar-refractivity contribution in [2.45, 2.75) is 36.8 Å². The number of carbonyl (C=O) groups excluding carboxylic acids is 1. The molecule has 0 spiro atoms. The van der Waals surface area contributed by atoms with Gasteiger partial charge in [0.15, 0.2) is 0 Å². The second-order valence-electron chi connectivity index (χ2n) is 5.00. The maximum atomic E-state index is 12.3. The van der Waals surface area contributed by atoms with Crippen molar-refractivity contribution >= 4 is 17.7 Å². The first-order valence-corrected chi connectivity index (χ1v) is 7.93. The van der Waals surface area contributed by atoms with Crippen LogP contribution in [0, 0.1) is 5.92 Å². The van der Waals surface area contributed by atoms with Crippen molar-refractivity contribution in [2.24, 2.45) is 5.92 Å². The summed E-state index contributed by atoms with van der Waals surface area (Å²) in [6.07, 6.45) is 8.17. The highest BCUT2D eigenvalue weighted by Gasteiger charge is 2.51. The molecule has 1 aliphatic carbocycles. The van der Waals surface area contributed by atoms with Crippen LogP contribution in [0.25, 0.3) is 0 Å². The first-order chi connectivity index (χ1) is 9.73. The summed E-state index contributed by atoms with van der Waals surface area (Å²) in [7, 11) is 1.46. The molecule has 5 nitrogen and oxygen atoms in total. The number of hydrogen-bond acceptors (Lipinski definition) is 6. The molecule has 0 radical (unpaired) electrons. The normalized spacial score (nSPS) is 17.5. The molecular formula is C14H21N3O2S. The minimum atomic E-state index is -0.590. The predicted octanol–water partition coefficient (Wildman–Crippen LogP) is 1.89. The number of esters is 1. The van der Waals surface area contributed by atoms with Gasteiger partial charge in [0, 0.05) is 18.1 Å². The Morgan fingerprint density at radius 2 is 2.35 bits per heavy atom. The summed E-state index contributed by atoms with van der Waals surface area (Å²) in [5.41, 5.74) is -0.590. The van der Waals surface area contributed by atoms with Crippen LogP contribution in [0.5, 0.6) is 0 Å². The predicted molar refractivity (Wildman–Crippen MR) is 78.5 cm³/mol. The standard InChI is InChI=1S/C14H21N3O2S/c1-3-6-17-14(11-4-5-11,13(18)19-2)10-20-12-9-15-7-8-16-12/h7-9,11,17H,3-6,10H2,1-2H3. The Labute approximate surface area is 123 Å². The molecule has 1 N–H and O–H groups in total. The lowest BCUT2D eigenvalue weighted by Crippen LogP contribution is -2.57. The van der Waals surface area contributed by atoms with Gasteiger partial charge in [-0.3, -0.25) is 9.78 Å². The maximum Gasteiger partial charge on any atom is 0.327 e. The molecule has 0 amide bonds. The molecule has 2 rings (SSSR count). The van der Waals surface area contributed by atoms with Crippen LogP contribution < -0.4 is 5.32 Å². The van der Waals surface area contributed by atoms with Crippen LogP contribution in [0.4, 0.5) is 0 Å². The third-order valence-corrected chi connectivity index (χ3v) is 4.61. The molecule has 1 unspecified atom stereocenters. The molecule has 0 bridgehead atoms. The second kappa shape index (κ2) is 7.04.